The predicted molar refractivity (Wildman–Crippen MR) is 103 cm³/mol. The molecular formula is C19H22ClN5O. The van der Waals surface area contributed by atoms with E-state index in [1.165, 1.54) is 0 Å². The van der Waals surface area contributed by atoms with Gasteiger partial charge in [0.05, 0.1) is 29.0 Å². The molecule has 0 aliphatic heterocycles. The van der Waals surface area contributed by atoms with Crippen LogP contribution in [0.1, 0.15) is 30.3 Å². The lowest BCUT2D eigenvalue weighted by atomic mass is 10.1. The summed E-state index contributed by atoms with van der Waals surface area (Å²) in [6.07, 6.45) is 5.45. The van der Waals surface area contributed by atoms with Gasteiger partial charge in [0.1, 0.15) is 0 Å². The fraction of sp³-hybridized carbons (Fsp3) is 0.316. The standard InChI is InChI=1S/C19H22ClN5O/c1-4-18-17(11-21-25(18)16-7-5-6-15(20)10-16)22-19(26)9-8-14-12-24(3)23-13(14)2/h5-7,10-12H,4,8-9H2,1-3H3,(H,22,26). The number of rotatable bonds is 6. The van der Waals surface area contributed by atoms with Gasteiger partial charge in [-0.1, -0.05) is 24.6 Å². The van der Waals surface area contributed by atoms with Gasteiger partial charge in [-0.05, 0) is 43.5 Å². The monoisotopic (exact) mass is 371 g/mol. The highest BCUT2D eigenvalue weighted by molar-refractivity contribution is 6.30. The van der Waals surface area contributed by atoms with Crippen molar-refractivity contribution in [2.75, 3.05) is 5.32 Å². The number of aromatic nitrogens is 4. The summed E-state index contributed by atoms with van der Waals surface area (Å²) in [7, 11) is 1.88. The fourth-order valence-corrected chi connectivity index (χ4v) is 3.19. The molecule has 6 nitrogen and oxygen atoms in total. The van der Waals surface area contributed by atoms with Crippen LogP contribution in [0, 0.1) is 6.92 Å². The number of nitrogens with one attached hydrogen (secondary N) is 1. The van der Waals surface area contributed by atoms with Crippen LogP contribution in [0.15, 0.2) is 36.7 Å². The molecule has 0 bridgehead atoms. The number of aryl methyl sites for hydroxylation is 3. The lowest BCUT2D eigenvalue weighted by Gasteiger charge is -2.09. The maximum atomic E-state index is 12.4. The predicted octanol–water partition coefficient (Wildman–Crippen LogP) is 3.70. The topological polar surface area (TPSA) is 64.7 Å². The zero-order valence-electron chi connectivity index (χ0n) is 15.2. The van der Waals surface area contributed by atoms with Crippen molar-refractivity contribution in [1.82, 2.24) is 19.6 Å². The van der Waals surface area contributed by atoms with E-state index in [2.05, 4.69) is 15.5 Å². The molecule has 26 heavy (non-hydrogen) atoms. The minimum Gasteiger partial charge on any atom is -0.323 e. The van der Waals surface area contributed by atoms with Crippen molar-refractivity contribution in [2.45, 2.75) is 33.1 Å². The SMILES string of the molecule is CCc1c(NC(=O)CCc2cn(C)nc2C)cnn1-c1cccc(Cl)c1. The Balaban J connectivity index is 1.71. The summed E-state index contributed by atoms with van der Waals surface area (Å²) in [4.78, 5) is 12.4. The van der Waals surface area contributed by atoms with Crippen LogP contribution < -0.4 is 5.32 Å². The van der Waals surface area contributed by atoms with Crippen LogP contribution in [0.2, 0.25) is 5.02 Å². The summed E-state index contributed by atoms with van der Waals surface area (Å²) < 4.78 is 3.58. The second-order valence-electron chi connectivity index (χ2n) is 6.21. The normalized spacial score (nSPS) is 10.9. The number of nitrogens with zero attached hydrogens (tertiary/aromatic N) is 4. The molecule has 0 atom stereocenters. The molecule has 0 saturated heterocycles. The minimum atomic E-state index is -0.0337. The Hall–Kier alpha value is -2.60. The summed E-state index contributed by atoms with van der Waals surface area (Å²) in [6, 6.07) is 7.50. The van der Waals surface area contributed by atoms with Gasteiger partial charge >= 0.3 is 0 Å². The van der Waals surface area contributed by atoms with Crippen LogP contribution >= 0.6 is 11.6 Å². The number of halogens is 1. The van der Waals surface area contributed by atoms with Gasteiger partial charge in [-0.3, -0.25) is 9.48 Å². The number of carbonyl (C=O) groups is 1. The van der Waals surface area contributed by atoms with Gasteiger partial charge in [-0.2, -0.15) is 10.2 Å². The van der Waals surface area contributed by atoms with Crippen LogP contribution in [0.25, 0.3) is 5.69 Å². The third-order valence-electron chi connectivity index (χ3n) is 4.27. The number of amides is 1. The Labute approximate surface area is 157 Å². The van der Waals surface area contributed by atoms with E-state index in [0.29, 0.717) is 17.9 Å². The van der Waals surface area contributed by atoms with Gasteiger partial charge in [-0.15, -0.1) is 0 Å². The van der Waals surface area contributed by atoms with Crippen molar-refractivity contribution in [2.24, 2.45) is 7.05 Å². The van der Waals surface area contributed by atoms with Crippen molar-refractivity contribution in [3.8, 4) is 5.69 Å². The fourth-order valence-electron chi connectivity index (χ4n) is 3.00. The van der Waals surface area contributed by atoms with E-state index >= 15 is 0 Å². The second kappa shape index (κ2) is 7.74. The summed E-state index contributed by atoms with van der Waals surface area (Å²) in [5, 5.41) is 12.4. The number of hydrogen-bond donors (Lipinski definition) is 1. The summed E-state index contributed by atoms with van der Waals surface area (Å²) in [5.74, 6) is -0.0337. The van der Waals surface area contributed by atoms with E-state index in [0.717, 1.165) is 34.7 Å². The van der Waals surface area contributed by atoms with Gasteiger partial charge in [0, 0.05) is 24.7 Å². The molecule has 7 heteroatoms. The first kappa shape index (κ1) is 18.2. The number of hydrogen-bond acceptors (Lipinski definition) is 3. The van der Waals surface area contributed by atoms with Crippen LogP contribution in [0.4, 0.5) is 5.69 Å². The molecule has 2 aromatic heterocycles. The third kappa shape index (κ3) is 3.96. The molecule has 0 radical (unpaired) electrons. The van der Waals surface area contributed by atoms with Crippen molar-refractivity contribution < 1.29 is 4.79 Å². The molecule has 136 valence electrons. The average Bonchev–Trinajstić information content (AvgIpc) is 3.15. The first-order valence-corrected chi connectivity index (χ1v) is 8.97. The first-order chi connectivity index (χ1) is 12.5. The minimum absolute atomic E-state index is 0.0337. The molecule has 0 saturated carbocycles. The summed E-state index contributed by atoms with van der Waals surface area (Å²) in [5.41, 5.74) is 4.61. The summed E-state index contributed by atoms with van der Waals surface area (Å²) in [6.45, 7) is 3.99. The Morgan fingerprint density at radius 2 is 2.15 bits per heavy atom. The van der Waals surface area contributed by atoms with Gasteiger partial charge in [0.25, 0.3) is 0 Å². The molecule has 1 N–H and O–H groups in total. The largest absolute Gasteiger partial charge is 0.323 e. The lowest BCUT2D eigenvalue weighted by molar-refractivity contribution is -0.116. The maximum Gasteiger partial charge on any atom is 0.224 e. The highest BCUT2D eigenvalue weighted by Gasteiger charge is 2.14. The molecule has 0 fully saturated rings. The third-order valence-corrected chi connectivity index (χ3v) is 4.50. The van der Waals surface area contributed by atoms with Gasteiger partial charge in [0.15, 0.2) is 0 Å². The zero-order valence-corrected chi connectivity index (χ0v) is 15.9. The van der Waals surface area contributed by atoms with Gasteiger partial charge in [0.2, 0.25) is 5.91 Å². The maximum absolute atomic E-state index is 12.4. The van der Waals surface area contributed by atoms with Crippen molar-refractivity contribution in [3.63, 3.8) is 0 Å². The molecule has 0 aliphatic carbocycles. The lowest BCUT2D eigenvalue weighted by Crippen LogP contribution is -2.14. The van der Waals surface area contributed by atoms with Gasteiger partial charge < -0.3 is 5.32 Å². The smallest absolute Gasteiger partial charge is 0.224 e. The van der Waals surface area contributed by atoms with E-state index < -0.39 is 0 Å². The van der Waals surface area contributed by atoms with Crippen LogP contribution in [-0.2, 0) is 24.7 Å². The molecular weight excluding hydrogens is 350 g/mol. The molecule has 1 amide bonds. The average molecular weight is 372 g/mol. The second-order valence-corrected chi connectivity index (χ2v) is 6.65. The Morgan fingerprint density at radius 1 is 1.35 bits per heavy atom. The Kier molecular flexibility index (Phi) is 5.42. The Morgan fingerprint density at radius 3 is 2.81 bits per heavy atom. The van der Waals surface area contributed by atoms with Crippen LogP contribution in [0.5, 0.6) is 0 Å². The van der Waals surface area contributed by atoms with E-state index in [-0.39, 0.29) is 5.91 Å². The number of benzene rings is 1. The molecule has 0 spiro atoms. The molecule has 2 heterocycles. The van der Waals surface area contributed by atoms with Crippen molar-refractivity contribution in [3.05, 3.63) is 58.6 Å². The zero-order chi connectivity index (χ0) is 18.7. The number of carbonyl (C=O) groups excluding carboxylic acids is 1. The van der Waals surface area contributed by atoms with E-state index in [4.69, 9.17) is 11.6 Å². The molecule has 0 aliphatic rings. The van der Waals surface area contributed by atoms with E-state index in [1.807, 2.05) is 56.0 Å². The van der Waals surface area contributed by atoms with Crippen LogP contribution in [0.3, 0.4) is 0 Å². The van der Waals surface area contributed by atoms with E-state index in [9.17, 15) is 4.79 Å². The molecule has 3 rings (SSSR count). The van der Waals surface area contributed by atoms with Gasteiger partial charge in [-0.25, -0.2) is 4.68 Å². The van der Waals surface area contributed by atoms with E-state index in [1.54, 1.807) is 10.9 Å². The van der Waals surface area contributed by atoms with Crippen molar-refractivity contribution in [1.29, 1.82) is 0 Å². The molecule has 3 aromatic rings. The molecule has 0 unspecified atom stereocenters. The van der Waals surface area contributed by atoms with Crippen LogP contribution in [-0.4, -0.2) is 25.5 Å². The molecule has 1 aromatic carbocycles. The summed E-state index contributed by atoms with van der Waals surface area (Å²) >= 11 is 6.08. The first-order valence-electron chi connectivity index (χ1n) is 8.59. The Bertz CT molecular complexity index is 928. The van der Waals surface area contributed by atoms with Crippen molar-refractivity contribution >= 4 is 23.2 Å². The quantitative estimate of drug-likeness (QED) is 0.718. The highest BCUT2D eigenvalue weighted by Crippen LogP contribution is 2.22. The number of anilines is 1. The highest BCUT2D eigenvalue weighted by atomic mass is 35.5.